The van der Waals surface area contributed by atoms with Gasteiger partial charge in [0.15, 0.2) is 5.82 Å². The van der Waals surface area contributed by atoms with Gasteiger partial charge in [-0.25, -0.2) is 15.0 Å². The number of nitrogens with zero attached hydrogens (tertiary/aromatic N) is 5. The van der Waals surface area contributed by atoms with Gasteiger partial charge >= 0.3 is 6.18 Å². The molecule has 8 nitrogen and oxygen atoms in total. The molecule has 1 N–H and O–H groups in total. The van der Waals surface area contributed by atoms with Crippen LogP contribution in [0.1, 0.15) is 55.5 Å². The molecule has 33 heavy (non-hydrogen) atoms. The summed E-state index contributed by atoms with van der Waals surface area (Å²) >= 11 is 0. The van der Waals surface area contributed by atoms with Crippen LogP contribution in [0.4, 0.5) is 13.2 Å². The molecule has 174 valence electrons. The third-order valence-corrected chi connectivity index (χ3v) is 4.95. The lowest BCUT2D eigenvalue weighted by atomic mass is 10.0. The molecule has 0 spiro atoms. The summed E-state index contributed by atoms with van der Waals surface area (Å²) in [6.07, 6.45) is -0.357. The third kappa shape index (κ3) is 5.54. The Labute approximate surface area is 188 Å². The minimum atomic E-state index is -4.67. The lowest BCUT2D eigenvalue weighted by Crippen LogP contribution is -2.31. The van der Waals surface area contributed by atoms with E-state index in [-0.39, 0.29) is 17.3 Å². The van der Waals surface area contributed by atoms with Crippen molar-refractivity contribution in [3.8, 4) is 11.7 Å². The van der Waals surface area contributed by atoms with Crippen LogP contribution in [-0.4, -0.2) is 36.2 Å². The molecule has 1 aromatic carbocycles. The number of benzene rings is 1. The standard InChI is InChI=1S/C22H23F3N6O2/c1-13(2)21(4,5)33-17-10-15(9-16(11-17)22(23,24)25)19(32)30-14(3)18-28-12-29-31(18)20-26-7-6-8-27-20/h6-12,14H,1H2,2-5H3,(H,30,32). The quantitative estimate of drug-likeness (QED) is 0.529. The van der Waals surface area contributed by atoms with E-state index < -0.39 is 29.3 Å². The predicted octanol–water partition coefficient (Wildman–Crippen LogP) is 4.30. The predicted molar refractivity (Wildman–Crippen MR) is 114 cm³/mol. The average molecular weight is 460 g/mol. The fraction of sp³-hybridized carbons (Fsp3) is 0.318. The van der Waals surface area contributed by atoms with Crippen LogP contribution in [0.25, 0.3) is 5.95 Å². The Morgan fingerprint density at radius 1 is 1.15 bits per heavy atom. The van der Waals surface area contributed by atoms with Crippen LogP contribution in [-0.2, 0) is 6.18 Å². The second-order valence-corrected chi connectivity index (χ2v) is 7.91. The van der Waals surface area contributed by atoms with E-state index in [1.165, 1.54) is 29.5 Å². The van der Waals surface area contributed by atoms with Gasteiger partial charge in [0.1, 0.15) is 17.7 Å². The van der Waals surface area contributed by atoms with Crippen molar-refractivity contribution in [1.29, 1.82) is 0 Å². The normalized spacial score (nSPS) is 12.8. The zero-order chi connectivity index (χ0) is 24.4. The van der Waals surface area contributed by atoms with Gasteiger partial charge in [-0.15, -0.1) is 0 Å². The van der Waals surface area contributed by atoms with Crippen molar-refractivity contribution in [2.45, 2.75) is 45.5 Å². The van der Waals surface area contributed by atoms with Gasteiger partial charge in [0.2, 0.25) is 0 Å². The van der Waals surface area contributed by atoms with Crippen LogP contribution < -0.4 is 10.1 Å². The fourth-order valence-electron chi connectivity index (χ4n) is 2.78. The molecular formula is C22H23F3N6O2. The van der Waals surface area contributed by atoms with E-state index in [0.717, 1.165) is 12.1 Å². The highest BCUT2D eigenvalue weighted by atomic mass is 19.4. The molecule has 3 rings (SSSR count). The second kappa shape index (κ2) is 9.00. The van der Waals surface area contributed by atoms with Gasteiger partial charge in [-0.1, -0.05) is 6.58 Å². The minimum Gasteiger partial charge on any atom is -0.483 e. The van der Waals surface area contributed by atoms with Crippen LogP contribution >= 0.6 is 0 Å². The fourth-order valence-corrected chi connectivity index (χ4v) is 2.78. The smallest absolute Gasteiger partial charge is 0.416 e. The van der Waals surface area contributed by atoms with E-state index in [0.29, 0.717) is 11.4 Å². The molecule has 1 amide bonds. The molecule has 0 radical (unpaired) electrons. The first-order valence-electron chi connectivity index (χ1n) is 9.94. The number of hydrogen-bond donors (Lipinski definition) is 1. The Kier molecular flexibility index (Phi) is 6.52. The van der Waals surface area contributed by atoms with Crippen molar-refractivity contribution in [3.63, 3.8) is 0 Å². The first kappa shape index (κ1) is 23.9. The van der Waals surface area contributed by atoms with E-state index >= 15 is 0 Å². The average Bonchev–Trinajstić information content (AvgIpc) is 3.23. The van der Waals surface area contributed by atoms with Gasteiger partial charge in [0.05, 0.1) is 11.6 Å². The van der Waals surface area contributed by atoms with Crippen LogP contribution in [0.2, 0.25) is 0 Å². The van der Waals surface area contributed by atoms with Gasteiger partial charge in [-0.3, -0.25) is 4.79 Å². The van der Waals surface area contributed by atoms with E-state index in [1.807, 2.05) is 0 Å². The number of carbonyl (C=O) groups excluding carboxylic acids is 1. The number of halogens is 3. The molecule has 0 aliphatic rings. The maximum absolute atomic E-state index is 13.5. The number of ether oxygens (including phenoxy) is 1. The van der Waals surface area contributed by atoms with Crippen molar-refractivity contribution in [2.24, 2.45) is 0 Å². The maximum atomic E-state index is 13.5. The lowest BCUT2D eigenvalue weighted by molar-refractivity contribution is -0.137. The van der Waals surface area contributed by atoms with Crippen molar-refractivity contribution in [2.75, 3.05) is 0 Å². The van der Waals surface area contributed by atoms with Crippen LogP contribution in [0.15, 0.2) is 55.1 Å². The Bertz CT molecular complexity index is 1160. The van der Waals surface area contributed by atoms with E-state index in [2.05, 4.69) is 31.9 Å². The van der Waals surface area contributed by atoms with Crippen LogP contribution in [0.3, 0.4) is 0 Å². The molecule has 0 saturated heterocycles. The molecule has 0 aliphatic carbocycles. The van der Waals surface area contributed by atoms with Gasteiger partial charge in [0, 0.05) is 18.0 Å². The summed E-state index contributed by atoms with van der Waals surface area (Å²) in [5.41, 5.74) is -1.54. The van der Waals surface area contributed by atoms with Crippen molar-refractivity contribution >= 4 is 5.91 Å². The molecule has 0 fully saturated rings. The number of rotatable bonds is 7. The van der Waals surface area contributed by atoms with E-state index in [9.17, 15) is 18.0 Å². The number of amides is 1. The highest BCUT2D eigenvalue weighted by Crippen LogP contribution is 2.34. The maximum Gasteiger partial charge on any atom is 0.416 e. The molecule has 1 atom stereocenters. The number of carbonyl (C=O) groups is 1. The van der Waals surface area contributed by atoms with Gasteiger partial charge < -0.3 is 10.1 Å². The summed E-state index contributed by atoms with van der Waals surface area (Å²) in [4.78, 5) is 25.2. The zero-order valence-corrected chi connectivity index (χ0v) is 18.5. The number of hydrogen-bond acceptors (Lipinski definition) is 6. The minimum absolute atomic E-state index is 0.100. The van der Waals surface area contributed by atoms with Crippen molar-refractivity contribution < 1.29 is 22.7 Å². The van der Waals surface area contributed by atoms with E-state index in [4.69, 9.17) is 4.74 Å². The Morgan fingerprint density at radius 3 is 2.42 bits per heavy atom. The van der Waals surface area contributed by atoms with Gasteiger partial charge in [0.25, 0.3) is 11.9 Å². The zero-order valence-electron chi connectivity index (χ0n) is 18.5. The summed E-state index contributed by atoms with van der Waals surface area (Å²) in [6.45, 7) is 10.5. The first-order chi connectivity index (χ1) is 15.4. The summed E-state index contributed by atoms with van der Waals surface area (Å²) in [5, 5.41) is 6.70. The summed E-state index contributed by atoms with van der Waals surface area (Å²) in [5.74, 6) is -0.295. The Hall–Kier alpha value is -3.76. The number of alkyl halides is 3. The van der Waals surface area contributed by atoms with Gasteiger partial charge in [-0.05, 0) is 57.5 Å². The summed E-state index contributed by atoms with van der Waals surface area (Å²) in [6, 6.07) is 3.80. The summed E-state index contributed by atoms with van der Waals surface area (Å²) < 4.78 is 47.5. The highest BCUT2D eigenvalue weighted by Gasteiger charge is 2.33. The molecule has 2 aromatic heterocycles. The SMILES string of the molecule is C=C(C)C(C)(C)Oc1cc(C(=O)NC(C)c2ncnn2-c2ncccn2)cc(C(F)(F)F)c1. The molecular weight excluding hydrogens is 437 g/mol. The first-order valence-corrected chi connectivity index (χ1v) is 9.94. The van der Waals surface area contributed by atoms with Gasteiger partial charge in [-0.2, -0.15) is 23.0 Å². The lowest BCUT2D eigenvalue weighted by Gasteiger charge is -2.27. The van der Waals surface area contributed by atoms with Crippen LogP contribution in [0, 0.1) is 0 Å². The molecule has 2 heterocycles. The largest absolute Gasteiger partial charge is 0.483 e. The Balaban J connectivity index is 1.90. The highest BCUT2D eigenvalue weighted by molar-refractivity contribution is 5.95. The van der Waals surface area contributed by atoms with Crippen LogP contribution in [0.5, 0.6) is 5.75 Å². The molecule has 3 aromatic rings. The summed E-state index contributed by atoms with van der Waals surface area (Å²) in [7, 11) is 0. The number of nitrogens with one attached hydrogen (secondary N) is 1. The van der Waals surface area contributed by atoms with Crippen molar-refractivity contribution in [3.05, 3.63) is 72.1 Å². The third-order valence-electron chi connectivity index (χ3n) is 4.95. The second-order valence-electron chi connectivity index (χ2n) is 7.91. The molecule has 0 saturated carbocycles. The topological polar surface area (TPSA) is 94.8 Å². The van der Waals surface area contributed by atoms with Crippen molar-refractivity contribution in [1.82, 2.24) is 30.0 Å². The monoisotopic (exact) mass is 460 g/mol. The number of aromatic nitrogens is 5. The molecule has 0 aliphatic heterocycles. The van der Waals surface area contributed by atoms with E-state index in [1.54, 1.807) is 33.8 Å². The Morgan fingerprint density at radius 2 is 1.82 bits per heavy atom. The molecule has 0 bridgehead atoms. The molecule has 1 unspecified atom stereocenters. The molecule has 11 heteroatoms.